The van der Waals surface area contributed by atoms with Crippen LogP contribution in [0.1, 0.15) is 47.6 Å². The van der Waals surface area contributed by atoms with Crippen LogP contribution in [-0.2, 0) is 14.9 Å². The van der Waals surface area contributed by atoms with Crippen LogP contribution in [-0.4, -0.2) is 53.2 Å². The smallest absolute Gasteiger partial charge is 0.290 e. The molecule has 1 amide bonds. The zero-order valence-electron chi connectivity index (χ0n) is 17.4. The molecule has 1 aliphatic heterocycles. The molecule has 1 aliphatic rings. The first kappa shape index (κ1) is 22.2. The van der Waals surface area contributed by atoms with E-state index < -0.39 is 17.7 Å². The largest absolute Gasteiger partial charge is 0.503 e. The lowest BCUT2D eigenvalue weighted by Crippen LogP contribution is -2.34. The van der Waals surface area contributed by atoms with Crippen LogP contribution in [0.3, 0.4) is 0 Å². The fraction of sp³-hybridized carbons (Fsp3) is 0.391. The quantitative estimate of drug-likeness (QED) is 0.494. The number of nitrogens with zero attached hydrogens (tertiary/aromatic N) is 1. The highest BCUT2D eigenvalue weighted by Gasteiger charge is 2.43. The summed E-state index contributed by atoms with van der Waals surface area (Å²) in [6.45, 7) is 6.77. The number of hydrogen-bond acceptors (Lipinski definition) is 6. The SMILES string of the molecule is CC(C)(C)c1ccc(C2C(C(=O)c3cccs3)=C(O)C(=O)N2CCOCCO)cc1. The standard InChI is InChI=1S/C23H27NO5S/c1-23(2,3)16-8-6-15(7-9-16)19-18(20(26)17-5-4-14-30-17)21(27)22(28)24(19)10-12-29-13-11-25/h4-9,14,19,25,27H,10-13H2,1-3H3. The predicted octanol–water partition coefficient (Wildman–Crippen LogP) is 3.63. The molecule has 0 spiro atoms. The number of rotatable bonds is 8. The maximum atomic E-state index is 13.1. The Morgan fingerprint density at radius 2 is 1.87 bits per heavy atom. The molecule has 0 radical (unpaired) electrons. The molecule has 0 saturated carbocycles. The molecular weight excluding hydrogens is 402 g/mol. The lowest BCUT2D eigenvalue weighted by Gasteiger charge is -2.27. The summed E-state index contributed by atoms with van der Waals surface area (Å²) in [7, 11) is 0. The molecule has 1 aromatic heterocycles. The highest BCUT2D eigenvalue weighted by Crippen LogP contribution is 2.39. The predicted molar refractivity (Wildman–Crippen MR) is 116 cm³/mol. The second-order valence-corrected chi connectivity index (χ2v) is 9.13. The Hall–Kier alpha value is -2.48. The molecule has 0 saturated heterocycles. The highest BCUT2D eigenvalue weighted by molar-refractivity contribution is 7.12. The summed E-state index contributed by atoms with van der Waals surface area (Å²) in [5, 5.41) is 21.3. The summed E-state index contributed by atoms with van der Waals surface area (Å²) in [5.74, 6) is -1.45. The van der Waals surface area contributed by atoms with Gasteiger partial charge in [0.25, 0.3) is 5.91 Å². The number of thiophene rings is 1. The summed E-state index contributed by atoms with van der Waals surface area (Å²) in [6, 6.07) is 10.5. The topological polar surface area (TPSA) is 87.1 Å². The van der Waals surface area contributed by atoms with E-state index in [2.05, 4.69) is 20.8 Å². The van der Waals surface area contributed by atoms with Crippen LogP contribution >= 0.6 is 11.3 Å². The Morgan fingerprint density at radius 1 is 1.17 bits per heavy atom. The van der Waals surface area contributed by atoms with Crippen molar-refractivity contribution in [1.82, 2.24) is 4.90 Å². The molecule has 2 aromatic rings. The fourth-order valence-corrected chi connectivity index (χ4v) is 4.18. The molecule has 1 aromatic carbocycles. The van der Waals surface area contributed by atoms with Gasteiger partial charge in [-0.3, -0.25) is 9.59 Å². The first-order valence-corrected chi connectivity index (χ1v) is 10.7. The van der Waals surface area contributed by atoms with Gasteiger partial charge in [-0.1, -0.05) is 51.1 Å². The van der Waals surface area contributed by atoms with Crippen molar-refractivity contribution in [1.29, 1.82) is 0 Å². The van der Waals surface area contributed by atoms with E-state index in [0.717, 1.165) is 11.1 Å². The maximum Gasteiger partial charge on any atom is 0.290 e. The number of amides is 1. The molecule has 7 heteroatoms. The summed E-state index contributed by atoms with van der Waals surface area (Å²) in [6.07, 6.45) is 0. The van der Waals surface area contributed by atoms with E-state index in [1.807, 2.05) is 24.3 Å². The number of aliphatic hydroxyl groups excluding tert-OH is 2. The van der Waals surface area contributed by atoms with Crippen molar-refractivity contribution in [2.45, 2.75) is 32.2 Å². The first-order chi connectivity index (χ1) is 14.3. The van der Waals surface area contributed by atoms with E-state index in [0.29, 0.717) is 4.88 Å². The second-order valence-electron chi connectivity index (χ2n) is 8.18. The monoisotopic (exact) mass is 429 g/mol. The van der Waals surface area contributed by atoms with Gasteiger partial charge in [-0.2, -0.15) is 0 Å². The number of carbonyl (C=O) groups is 2. The van der Waals surface area contributed by atoms with Gasteiger partial charge < -0.3 is 19.8 Å². The van der Waals surface area contributed by atoms with Crippen molar-refractivity contribution < 1.29 is 24.5 Å². The molecule has 2 N–H and O–H groups in total. The molecule has 1 unspecified atom stereocenters. The van der Waals surface area contributed by atoms with Gasteiger partial charge in [0.1, 0.15) is 0 Å². The molecule has 3 rings (SSSR count). The molecule has 2 heterocycles. The maximum absolute atomic E-state index is 13.1. The number of Topliss-reactive ketones (excluding diaryl/α,β-unsaturated/α-hetero) is 1. The van der Waals surface area contributed by atoms with Crippen LogP contribution in [0.2, 0.25) is 0 Å². The number of ketones is 1. The molecule has 160 valence electrons. The number of benzene rings is 1. The first-order valence-electron chi connectivity index (χ1n) is 9.87. The van der Waals surface area contributed by atoms with E-state index in [1.165, 1.54) is 16.2 Å². The van der Waals surface area contributed by atoms with Crippen molar-refractivity contribution in [3.8, 4) is 0 Å². The normalized spacial score (nSPS) is 17.1. The van der Waals surface area contributed by atoms with E-state index in [1.54, 1.807) is 17.5 Å². The summed E-state index contributed by atoms with van der Waals surface area (Å²) in [5.41, 5.74) is 1.94. The molecule has 1 atom stereocenters. The molecule has 0 bridgehead atoms. The van der Waals surface area contributed by atoms with Crippen LogP contribution < -0.4 is 0 Å². The van der Waals surface area contributed by atoms with E-state index in [-0.39, 0.29) is 43.1 Å². The molecule has 6 nitrogen and oxygen atoms in total. The van der Waals surface area contributed by atoms with Gasteiger partial charge in [0.05, 0.1) is 36.3 Å². The third kappa shape index (κ3) is 4.48. The lowest BCUT2D eigenvalue weighted by molar-refractivity contribution is -0.130. The third-order valence-corrected chi connectivity index (χ3v) is 5.97. The van der Waals surface area contributed by atoms with E-state index in [4.69, 9.17) is 9.84 Å². The molecular formula is C23H27NO5S. The number of hydrogen-bond donors (Lipinski definition) is 2. The molecule has 0 aliphatic carbocycles. The number of carbonyl (C=O) groups excluding carboxylic acids is 2. The van der Waals surface area contributed by atoms with Gasteiger partial charge in [0.2, 0.25) is 5.78 Å². The van der Waals surface area contributed by atoms with Gasteiger partial charge in [0, 0.05) is 6.54 Å². The van der Waals surface area contributed by atoms with Crippen molar-refractivity contribution in [2.75, 3.05) is 26.4 Å². The van der Waals surface area contributed by atoms with Crippen LogP contribution in [0.4, 0.5) is 0 Å². The second kappa shape index (κ2) is 9.12. The van der Waals surface area contributed by atoms with E-state index >= 15 is 0 Å². The van der Waals surface area contributed by atoms with Gasteiger partial charge in [-0.15, -0.1) is 11.3 Å². The number of aliphatic hydroxyl groups is 2. The van der Waals surface area contributed by atoms with Gasteiger partial charge in [0.15, 0.2) is 5.76 Å². The minimum absolute atomic E-state index is 0.0323. The van der Waals surface area contributed by atoms with Crippen LogP contribution in [0.5, 0.6) is 0 Å². The van der Waals surface area contributed by atoms with Crippen molar-refractivity contribution in [3.05, 3.63) is 69.1 Å². The summed E-state index contributed by atoms with van der Waals surface area (Å²) < 4.78 is 5.32. The highest BCUT2D eigenvalue weighted by atomic mass is 32.1. The molecule has 0 fully saturated rings. The summed E-state index contributed by atoms with van der Waals surface area (Å²) >= 11 is 1.27. The lowest BCUT2D eigenvalue weighted by atomic mass is 9.85. The average Bonchev–Trinajstić information content (AvgIpc) is 3.33. The Labute approximate surface area is 180 Å². The minimum Gasteiger partial charge on any atom is -0.503 e. The van der Waals surface area contributed by atoms with Crippen LogP contribution in [0, 0.1) is 0 Å². The average molecular weight is 430 g/mol. The minimum atomic E-state index is -0.696. The van der Waals surface area contributed by atoms with Crippen molar-refractivity contribution in [3.63, 3.8) is 0 Å². The Balaban J connectivity index is 1.98. The van der Waals surface area contributed by atoms with Crippen LogP contribution in [0.25, 0.3) is 0 Å². The van der Waals surface area contributed by atoms with Gasteiger partial charge in [-0.05, 0) is 28.0 Å². The summed E-state index contributed by atoms with van der Waals surface area (Å²) in [4.78, 5) is 27.9. The number of ether oxygens (including phenoxy) is 1. The zero-order chi connectivity index (χ0) is 21.9. The van der Waals surface area contributed by atoms with E-state index in [9.17, 15) is 14.7 Å². The Morgan fingerprint density at radius 3 is 2.43 bits per heavy atom. The zero-order valence-corrected chi connectivity index (χ0v) is 18.2. The fourth-order valence-electron chi connectivity index (χ4n) is 3.50. The Kier molecular flexibility index (Phi) is 6.75. The molecule has 30 heavy (non-hydrogen) atoms. The third-order valence-electron chi connectivity index (χ3n) is 5.10. The van der Waals surface area contributed by atoms with Crippen molar-refractivity contribution in [2.24, 2.45) is 0 Å². The van der Waals surface area contributed by atoms with Crippen molar-refractivity contribution >= 4 is 23.0 Å². The van der Waals surface area contributed by atoms with Crippen LogP contribution in [0.15, 0.2) is 53.1 Å². The Bertz CT molecular complexity index is 926. The van der Waals surface area contributed by atoms with Gasteiger partial charge >= 0.3 is 0 Å². The van der Waals surface area contributed by atoms with Gasteiger partial charge in [-0.25, -0.2) is 0 Å².